The van der Waals surface area contributed by atoms with Gasteiger partial charge in [-0.05, 0) is 46.1 Å². The van der Waals surface area contributed by atoms with Crippen molar-refractivity contribution in [1.29, 1.82) is 0 Å². The van der Waals surface area contributed by atoms with E-state index < -0.39 is 24.0 Å². The van der Waals surface area contributed by atoms with Gasteiger partial charge in [0.25, 0.3) is 0 Å². The average Bonchev–Trinajstić information content (AvgIpc) is 3.48. The predicted octanol–water partition coefficient (Wildman–Crippen LogP) is 3.71. The van der Waals surface area contributed by atoms with Crippen LogP contribution in [-0.4, -0.2) is 47.5 Å². The number of aliphatic hydroxyl groups excluding tert-OH is 2. The molecule has 4 heterocycles. The van der Waals surface area contributed by atoms with Crippen molar-refractivity contribution < 1.29 is 14.9 Å². The molecule has 2 aliphatic rings. The molecule has 8 nitrogen and oxygen atoms in total. The Bertz CT molecular complexity index is 1440. The molecule has 1 aliphatic carbocycles. The van der Waals surface area contributed by atoms with Gasteiger partial charge < -0.3 is 25.3 Å². The van der Waals surface area contributed by atoms with Crippen molar-refractivity contribution in [2.75, 3.05) is 5.73 Å². The number of allylic oxidation sites excluding steroid dienone is 1. The maximum atomic E-state index is 11.0. The zero-order valence-corrected chi connectivity index (χ0v) is 19.5. The molecule has 1 spiro atoms. The first-order chi connectivity index (χ1) is 15.9. The van der Waals surface area contributed by atoms with Gasteiger partial charge in [0.05, 0.1) is 15.4 Å². The number of benzene rings is 1. The van der Waals surface area contributed by atoms with Crippen LogP contribution < -0.4 is 5.73 Å². The molecule has 168 valence electrons. The van der Waals surface area contributed by atoms with Crippen molar-refractivity contribution in [3.63, 3.8) is 0 Å². The second-order valence-electron chi connectivity index (χ2n) is 8.50. The lowest BCUT2D eigenvalue weighted by Gasteiger charge is -2.27. The van der Waals surface area contributed by atoms with E-state index >= 15 is 0 Å². The van der Waals surface area contributed by atoms with Crippen LogP contribution in [0.25, 0.3) is 21.9 Å². The van der Waals surface area contributed by atoms with Crippen molar-refractivity contribution in [3.8, 4) is 0 Å². The number of fused-ring (bicyclic) bond motifs is 2. The first kappa shape index (κ1) is 21.0. The number of hydrogen-bond acceptors (Lipinski definition) is 7. The lowest BCUT2D eigenvalue weighted by Crippen LogP contribution is -2.40. The highest BCUT2D eigenvalue weighted by Gasteiger charge is 2.56. The summed E-state index contributed by atoms with van der Waals surface area (Å²) in [5.74, 6) is 0.418. The lowest BCUT2D eigenvalue weighted by molar-refractivity contribution is -0.0741. The van der Waals surface area contributed by atoms with Gasteiger partial charge in [-0.25, -0.2) is 15.0 Å². The van der Waals surface area contributed by atoms with E-state index in [0.29, 0.717) is 28.4 Å². The summed E-state index contributed by atoms with van der Waals surface area (Å²) in [6.45, 7) is 0. The largest absolute Gasteiger partial charge is 0.387 e. The normalized spacial score (nSPS) is 29.1. The predicted molar refractivity (Wildman–Crippen MR) is 128 cm³/mol. The van der Waals surface area contributed by atoms with Crippen LogP contribution in [0.3, 0.4) is 0 Å². The maximum Gasteiger partial charge on any atom is 0.165 e. The van der Waals surface area contributed by atoms with E-state index in [4.69, 9.17) is 22.1 Å². The minimum absolute atomic E-state index is 0.0140. The Morgan fingerprint density at radius 2 is 2.06 bits per heavy atom. The molecule has 1 saturated heterocycles. The van der Waals surface area contributed by atoms with E-state index in [1.54, 1.807) is 16.8 Å². The van der Waals surface area contributed by atoms with Crippen molar-refractivity contribution in [3.05, 3.63) is 70.2 Å². The molecule has 33 heavy (non-hydrogen) atoms. The van der Waals surface area contributed by atoms with Gasteiger partial charge in [0.15, 0.2) is 6.23 Å². The van der Waals surface area contributed by atoms with E-state index in [1.165, 1.54) is 6.33 Å². The van der Waals surface area contributed by atoms with E-state index in [1.807, 2.05) is 36.4 Å². The fourth-order valence-corrected chi connectivity index (χ4v) is 5.40. The quantitative estimate of drug-likeness (QED) is 0.268. The fourth-order valence-electron chi connectivity index (χ4n) is 4.87. The van der Waals surface area contributed by atoms with Crippen LogP contribution in [-0.2, 0) is 4.74 Å². The van der Waals surface area contributed by atoms with Crippen LogP contribution >= 0.6 is 27.5 Å². The molecule has 6 rings (SSSR count). The zero-order chi connectivity index (χ0) is 22.9. The number of pyridine rings is 1. The monoisotopic (exact) mass is 527 g/mol. The number of hydrogen-bond donors (Lipinski definition) is 3. The molecule has 4 N–H and O–H groups in total. The zero-order valence-electron chi connectivity index (χ0n) is 17.1. The smallest absolute Gasteiger partial charge is 0.165 e. The fraction of sp³-hybridized carbons (Fsp3) is 0.261. The van der Waals surface area contributed by atoms with Gasteiger partial charge >= 0.3 is 0 Å². The highest BCUT2D eigenvalue weighted by Crippen LogP contribution is 2.48. The van der Waals surface area contributed by atoms with Gasteiger partial charge in [-0.3, -0.25) is 0 Å². The summed E-state index contributed by atoms with van der Waals surface area (Å²) in [7, 11) is 0. The number of aromatic nitrogens is 4. The van der Waals surface area contributed by atoms with Crippen molar-refractivity contribution in [2.24, 2.45) is 0 Å². The van der Waals surface area contributed by atoms with Gasteiger partial charge in [0, 0.05) is 17.5 Å². The summed E-state index contributed by atoms with van der Waals surface area (Å²) in [5, 5.41) is 23.9. The van der Waals surface area contributed by atoms with Crippen molar-refractivity contribution in [1.82, 2.24) is 19.5 Å². The van der Waals surface area contributed by atoms with E-state index in [2.05, 4.69) is 30.9 Å². The highest BCUT2D eigenvalue weighted by atomic mass is 79.9. The molecule has 0 amide bonds. The Morgan fingerprint density at radius 1 is 1.21 bits per heavy atom. The first-order valence-corrected chi connectivity index (χ1v) is 11.6. The molecular weight excluding hydrogens is 510 g/mol. The number of nitrogen functional groups attached to an aromatic ring is 1. The Hall–Kier alpha value is -2.56. The maximum absolute atomic E-state index is 11.0. The standard InChI is InChI=1S/C23H19BrClN5O3/c24-15-7-12-2-1-11(8-16(12)29-20(15)26)13-3-5-23(9-13)18(32)17(31)22(33-23)30-6-4-14-19(25)27-10-28-21(14)30/h1-8,10,13,17-18,22,31-32H,9H2,(H2,26,29). The highest BCUT2D eigenvalue weighted by molar-refractivity contribution is 9.10. The van der Waals surface area contributed by atoms with Gasteiger partial charge in [0.1, 0.15) is 40.8 Å². The SMILES string of the molecule is Nc1nc2cc(C3C=CC4(C3)OC(n3ccc5c(Cl)ncnc53)C(O)C4O)ccc2cc1Br. The Labute approximate surface area is 201 Å². The van der Waals surface area contributed by atoms with Crippen LogP contribution in [0.1, 0.15) is 24.1 Å². The molecule has 1 aromatic carbocycles. The second-order valence-corrected chi connectivity index (χ2v) is 9.71. The molecule has 3 aromatic heterocycles. The Balaban J connectivity index is 1.31. The number of anilines is 1. The molecule has 1 fully saturated rings. The van der Waals surface area contributed by atoms with E-state index in [-0.39, 0.29) is 5.92 Å². The number of nitrogens with two attached hydrogens (primary N) is 1. The topological polar surface area (TPSA) is 119 Å². The number of aliphatic hydroxyl groups is 2. The minimum atomic E-state index is -1.15. The number of rotatable bonds is 2. The molecule has 5 unspecified atom stereocenters. The molecule has 5 atom stereocenters. The third-order valence-corrected chi connectivity index (χ3v) is 7.53. The van der Waals surface area contributed by atoms with Gasteiger partial charge in [-0.2, -0.15) is 0 Å². The summed E-state index contributed by atoms with van der Waals surface area (Å²) in [5.41, 5.74) is 7.29. The van der Waals surface area contributed by atoms with E-state index in [0.717, 1.165) is 20.9 Å². The molecule has 1 aliphatic heterocycles. The van der Waals surface area contributed by atoms with Crippen molar-refractivity contribution >= 4 is 55.3 Å². The molecule has 0 saturated carbocycles. The van der Waals surface area contributed by atoms with E-state index in [9.17, 15) is 10.2 Å². The molecule has 0 bridgehead atoms. The second kappa shape index (κ2) is 7.48. The number of nitrogens with zero attached hydrogens (tertiary/aromatic N) is 4. The molecule has 10 heteroatoms. The van der Waals surface area contributed by atoms with Crippen LogP contribution in [0.4, 0.5) is 5.82 Å². The summed E-state index contributed by atoms with van der Waals surface area (Å²) < 4.78 is 8.78. The van der Waals surface area contributed by atoms with Gasteiger partial charge in [-0.15, -0.1) is 0 Å². The molecule has 0 radical (unpaired) electrons. The molecular formula is C23H19BrClN5O3. The van der Waals surface area contributed by atoms with Crippen LogP contribution in [0.15, 0.2) is 59.5 Å². The number of halogens is 2. The van der Waals surface area contributed by atoms with Gasteiger partial charge in [-0.1, -0.05) is 35.9 Å². The third kappa shape index (κ3) is 3.18. The summed E-state index contributed by atoms with van der Waals surface area (Å²) in [6.07, 6.45) is 4.37. The Kier molecular flexibility index (Phi) is 4.76. The van der Waals surface area contributed by atoms with Gasteiger partial charge in [0.2, 0.25) is 0 Å². The van der Waals surface area contributed by atoms with Crippen LogP contribution in [0.5, 0.6) is 0 Å². The summed E-state index contributed by atoms with van der Waals surface area (Å²) in [6, 6.07) is 9.74. The van der Waals surface area contributed by atoms with Crippen LogP contribution in [0, 0.1) is 0 Å². The van der Waals surface area contributed by atoms with Crippen molar-refractivity contribution in [2.45, 2.75) is 36.4 Å². The Morgan fingerprint density at radius 3 is 2.91 bits per heavy atom. The average molecular weight is 529 g/mol. The first-order valence-electron chi connectivity index (χ1n) is 10.4. The third-order valence-electron chi connectivity index (χ3n) is 6.59. The minimum Gasteiger partial charge on any atom is -0.387 e. The summed E-state index contributed by atoms with van der Waals surface area (Å²) in [4.78, 5) is 12.7. The molecule has 4 aromatic rings. The lowest BCUT2D eigenvalue weighted by atomic mass is 9.88. The number of ether oxygens (including phenoxy) is 1. The van der Waals surface area contributed by atoms with Crippen LogP contribution in [0.2, 0.25) is 5.15 Å². The summed E-state index contributed by atoms with van der Waals surface area (Å²) >= 11 is 9.58.